The van der Waals surface area contributed by atoms with Crippen LogP contribution in [0, 0.1) is 0 Å². The third kappa shape index (κ3) is 4.51. The zero-order valence-corrected chi connectivity index (χ0v) is 16.0. The molecule has 26 heavy (non-hydrogen) atoms. The zero-order valence-electron chi connectivity index (χ0n) is 16.0. The molecule has 0 saturated carbocycles. The van der Waals surface area contributed by atoms with Crippen molar-refractivity contribution in [3.05, 3.63) is 48.3 Å². The second-order valence-corrected chi connectivity index (χ2v) is 7.26. The molecule has 1 aromatic heterocycles. The van der Waals surface area contributed by atoms with Gasteiger partial charge < -0.3 is 14.7 Å². The largest absolute Gasteiger partial charge is 0.341 e. The first-order chi connectivity index (χ1) is 12.5. The highest BCUT2D eigenvalue weighted by Crippen LogP contribution is 2.16. The summed E-state index contributed by atoms with van der Waals surface area (Å²) in [6.45, 7) is 3.64. The lowest BCUT2D eigenvalue weighted by Gasteiger charge is -2.25. The van der Waals surface area contributed by atoms with Crippen molar-refractivity contribution in [1.82, 2.24) is 24.5 Å². The van der Waals surface area contributed by atoms with Gasteiger partial charge in [0, 0.05) is 51.5 Å². The van der Waals surface area contributed by atoms with Gasteiger partial charge >= 0.3 is 0 Å². The van der Waals surface area contributed by atoms with E-state index in [2.05, 4.69) is 35.1 Å². The predicted octanol–water partition coefficient (Wildman–Crippen LogP) is 1.86. The average molecular weight is 355 g/mol. The number of rotatable bonds is 7. The van der Waals surface area contributed by atoms with Crippen molar-refractivity contribution in [2.75, 3.05) is 40.8 Å². The van der Waals surface area contributed by atoms with E-state index in [0.29, 0.717) is 19.0 Å². The summed E-state index contributed by atoms with van der Waals surface area (Å²) in [5.74, 6) is 0.179. The minimum atomic E-state index is 0.179. The fourth-order valence-corrected chi connectivity index (χ4v) is 3.54. The second kappa shape index (κ2) is 8.47. The van der Waals surface area contributed by atoms with Gasteiger partial charge in [-0.05, 0) is 44.8 Å². The molecule has 0 aliphatic carbocycles. The fraction of sp³-hybridized carbons (Fsp3) is 0.500. The van der Waals surface area contributed by atoms with Crippen LogP contribution < -0.4 is 0 Å². The van der Waals surface area contributed by atoms with Gasteiger partial charge in [0.05, 0.1) is 5.69 Å². The molecule has 3 rings (SSSR count). The molecule has 1 amide bonds. The molecule has 1 aliphatic rings. The molecule has 1 aliphatic heterocycles. The standard InChI is InChI=1S/C20H29N5O/c1-22-13-9-18(16-22)23(2)14-10-20(26)24(3)15-17-7-4-5-8-19(17)25-12-6-11-21-25/h4-8,11-12,18H,9-10,13-16H2,1-3H3/t18-/m0/s1. The average Bonchev–Trinajstić information content (AvgIpc) is 3.31. The Kier molecular flexibility index (Phi) is 6.06. The van der Waals surface area contributed by atoms with Crippen molar-refractivity contribution < 1.29 is 4.79 Å². The van der Waals surface area contributed by atoms with Crippen molar-refractivity contribution in [3.63, 3.8) is 0 Å². The van der Waals surface area contributed by atoms with E-state index in [1.54, 1.807) is 6.20 Å². The lowest BCUT2D eigenvalue weighted by atomic mass is 10.1. The van der Waals surface area contributed by atoms with Crippen molar-refractivity contribution in [2.24, 2.45) is 0 Å². The molecular formula is C20H29N5O. The normalized spacial score (nSPS) is 17.8. The van der Waals surface area contributed by atoms with Crippen LogP contribution in [0.3, 0.4) is 0 Å². The minimum Gasteiger partial charge on any atom is -0.341 e. The third-order valence-electron chi connectivity index (χ3n) is 5.24. The van der Waals surface area contributed by atoms with Gasteiger partial charge in [-0.1, -0.05) is 18.2 Å². The summed E-state index contributed by atoms with van der Waals surface area (Å²) in [5.41, 5.74) is 2.11. The molecule has 2 aromatic rings. The molecular weight excluding hydrogens is 326 g/mol. The van der Waals surface area contributed by atoms with Crippen LogP contribution in [0.25, 0.3) is 5.69 Å². The highest BCUT2D eigenvalue weighted by molar-refractivity contribution is 5.76. The molecule has 140 valence electrons. The molecule has 2 heterocycles. The minimum absolute atomic E-state index is 0.179. The Morgan fingerprint density at radius 2 is 2.08 bits per heavy atom. The molecule has 1 saturated heterocycles. The van der Waals surface area contributed by atoms with Crippen LogP contribution in [0.2, 0.25) is 0 Å². The van der Waals surface area contributed by atoms with Crippen molar-refractivity contribution in [3.8, 4) is 5.69 Å². The molecule has 0 spiro atoms. The van der Waals surface area contributed by atoms with E-state index in [1.807, 2.05) is 47.1 Å². The van der Waals surface area contributed by atoms with Crippen LogP contribution in [-0.4, -0.2) is 77.2 Å². The topological polar surface area (TPSA) is 44.6 Å². The van der Waals surface area contributed by atoms with E-state index in [1.165, 1.54) is 6.42 Å². The second-order valence-electron chi connectivity index (χ2n) is 7.26. The molecule has 0 bridgehead atoms. The van der Waals surface area contributed by atoms with Gasteiger partial charge in [0.15, 0.2) is 0 Å². The molecule has 0 N–H and O–H groups in total. The quantitative estimate of drug-likeness (QED) is 0.760. The lowest BCUT2D eigenvalue weighted by molar-refractivity contribution is -0.130. The van der Waals surface area contributed by atoms with Gasteiger partial charge in [-0.15, -0.1) is 0 Å². The Morgan fingerprint density at radius 3 is 2.77 bits per heavy atom. The van der Waals surface area contributed by atoms with Gasteiger partial charge in [-0.25, -0.2) is 4.68 Å². The number of nitrogens with zero attached hydrogens (tertiary/aromatic N) is 5. The summed E-state index contributed by atoms with van der Waals surface area (Å²) in [4.78, 5) is 19.1. The maximum atomic E-state index is 12.6. The maximum absolute atomic E-state index is 12.6. The predicted molar refractivity (Wildman–Crippen MR) is 103 cm³/mol. The number of carbonyl (C=O) groups excluding carboxylic acids is 1. The molecule has 1 fully saturated rings. The number of likely N-dealkylation sites (N-methyl/N-ethyl adjacent to an activating group) is 2. The Hall–Kier alpha value is -2.18. The Labute approximate surface area is 156 Å². The lowest BCUT2D eigenvalue weighted by Crippen LogP contribution is -2.37. The number of aromatic nitrogens is 2. The van der Waals surface area contributed by atoms with Crippen LogP contribution in [0.4, 0.5) is 0 Å². The summed E-state index contributed by atoms with van der Waals surface area (Å²) in [7, 11) is 6.17. The summed E-state index contributed by atoms with van der Waals surface area (Å²) in [6, 6.07) is 10.6. The number of amides is 1. The Bertz CT molecular complexity index is 715. The number of hydrogen-bond donors (Lipinski definition) is 0. The highest BCUT2D eigenvalue weighted by atomic mass is 16.2. The zero-order chi connectivity index (χ0) is 18.5. The van der Waals surface area contributed by atoms with Crippen molar-refractivity contribution in [1.29, 1.82) is 0 Å². The number of para-hydroxylation sites is 1. The summed E-state index contributed by atoms with van der Waals surface area (Å²) in [6.07, 6.45) is 5.43. The first-order valence-electron chi connectivity index (χ1n) is 9.25. The number of likely N-dealkylation sites (tertiary alicyclic amines) is 1. The van der Waals surface area contributed by atoms with Crippen LogP contribution in [0.5, 0.6) is 0 Å². The van der Waals surface area contributed by atoms with Crippen LogP contribution in [0.15, 0.2) is 42.7 Å². The molecule has 6 nitrogen and oxygen atoms in total. The molecule has 0 unspecified atom stereocenters. The first kappa shape index (κ1) is 18.6. The molecule has 6 heteroatoms. The number of hydrogen-bond acceptors (Lipinski definition) is 4. The van der Waals surface area contributed by atoms with Gasteiger partial charge in [0.2, 0.25) is 5.91 Å². The highest BCUT2D eigenvalue weighted by Gasteiger charge is 2.23. The molecule has 1 aromatic carbocycles. The third-order valence-corrected chi connectivity index (χ3v) is 5.24. The smallest absolute Gasteiger partial charge is 0.223 e. The van der Waals surface area contributed by atoms with E-state index in [4.69, 9.17) is 0 Å². The van der Waals surface area contributed by atoms with E-state index in [0.717, 1.165) is 30.9 Å². The van der Waals surface area contributed by atoms with Gasteiger partial charge in [0.25, 0.3) is 0 Å². The van der Waals surface area contributed by atoms with Crippen LogP contribution in [-0.2, 0) is 11.3 Å². The van der Waals surface area contributed by atoms with Gasteiger partial charge in [-0.2, -0.15) is 5.10 Å². The monoisotopic (exact) mass is 355 g/mol. The van der Waals surface area contributed by atoms with Crippen LogP contribution >= 0.6 is 0 Å². The number of benzene rings is 1. The Balaban J connectivity index is 1.55. The fourth-order valence-electron chi connectivity index (χ4n) is 3.54. The molecule has 1 atom stereocenters. The van der Waals surface area contributed by atoms with E-state index in [9.17, 15) is 4.79 Å². The van der Waals surface area contributed by atoms with Gasteiger partial charge in [-0.3, -0.25) is 4.79 Å². The number of carbonyl (C=O) groups is 1. The van der Waals surface area contributed by atoms with Crippen molar-refractivity contribution >= 4 is 5.91 Å². The van der Waals surface area contributed by atoms with E-state index in [-0.39, 0.29) is 5.91 Å². The Morgan fingerprint density at radius 1 is 1.27 bits per heavy atom. The van der Waals surface area contributed by atoms with Crippen molar-refractivity contribution in [2.45, 2.75) is 25.4 Å². The summed E-state index contributed by atoms with van der Waals surface area (Å²) >= 11 is 0. The van der Waals surface area contributed by atoms with Crippen LogP contribution in [0.1, 0.15) is 18.4 Å². The van der Waals surface area contributed by atoms with Gasteiger partial charge in [0.1, 0.15) is 0 Å². The van der Waals surface area contributed by atoms with E-state index < -0.39 is 0 Å². The summed E-state index contributed by atoms with van der Waals surface area (Å²) < 4.78 is 1.85. The molecule has 0 radical (unpaired) electrons. The maximum Gasteiger partial charge on any atom is 0.223 e. The first-order valence-corrected chi connectivity index (χ1v) is 9.25. The van der Waals surface area contributed by atoms with E-state index >= 15 is 0 Å². The summed E-state index contributed by atoms with van der Waals surface area (Å²) in [5, 5.41) is 4.31. The SMILES string of the molecule is CN1CC[C@H](N(C)CCC(=O)N(C)Cc2ccccc2-n2cccn2)C1.